The van der Waals surface area contributed by atoms with Gasteiger partial charge in [0.25, 0.3) is 5.69 Å². The zero-order valence-electron chi connectivity index (χ0n) is 15.6. The van der Waals surface area contributed by atoms with Gasteiger partial charge in [-0.15, -0.1) is 0 Å². The first-order valence-corrected chi connectivity index (χ1v) is 9.45. The Balaban J connectivity index is 1.76. The molecule has 1 atom stereocenters. The molecule has 26 heavy (non-hydrogen) atoms. The van der Waals surface area contributed by atoms with Gasteiger partial charge in [-0.1, -0.05) is 25.1 Å². The van der Waals surface area contributed by atoms with Gasteiger partial charge in [-0.3, -0.25) is 10.1 Å². The summed E-state index contributed by atoms with van der Waals surface area (Å²) in [6.07, 6.45) is 4.40. The number of aryl methyl sites for hydroxylation is 1. The molecule has 1 heterocycles. The van der Waals surface area contributed by atoms with Crippen LogP contribution in [0.2, 0.25) is 0 Å². The van der Waals surface area contributed by atoms with E-state index in [0.29, 0.717) is 12.6 Å². The molecule has 138 valence electrons. The lowest BCUT2D eigenvalue weighted by Crippen LogP contribution is -2.37. The maximum absolute atomic E-state index is 11.6. The Morgan fingerprint density at radius 2 is 1.88 bits per heavy atom. The minimum absolute atomic E-state index is 0.208. The number of nitro groups is 1. The van der Waals surface area contributed by atoms with Gasteiger partial charge in [-0.2, -0.15) is 0 Å². The van der Waals surface area contributed by atoms with E-state index in [9.17, 15) is 10.1 Å². The second-order valence-electron chi connectivity index (χ2n) is 7.02. The molecule has 1 N–H and O–H groups in total. The summed E-state index contributed by atoms with van der Waals surface area (Å²) in [5.74, 6) is 0. The van der Waals surface area contributed by atoms with Crippen LogP contribution >= 0.6 is 0 Å². The molecule has 1 unspecified atom stereocenters. The molecule has 2 aromatic carbocycles. The molecule has 3 rings (SSSR count). The highest BCUT2D eigenvalue weighted by molar-refractivity contribution is 5.65. The average Bonchev–Trinajstić information content (AvgIpc) is 2.67. The zero-order valence-corrected chi connectivity index (χ0v) is 15.6. The molecule has 0 bridgehead atoms. The first kappa shape index (κ1) is 18.2. The van der Waals surface area contributed by atoms with E-state index in [4.69, 9.17) is 0 Å². The molecule has 2 aromatic rings. The fourth-order valence-corrected chi connectivity index (χ4v) is 3.59. The van der Waals surface area contributed by atoms with E-state index in [1.54, 1.807) is 6.07 Å². The molecule has 5 heteroatoms. The number of anilines is 2. The number of rotatable bonds is 6. The summed E-state index contributed by atoms with van der Waals surface area (Å²) < 4.78 is 0. The van der Waals surface area contributed by atoms with Crippen molar-refractivity contribution in [1.82, 2.24) is 0 Å². The summed E-state index contributed by atoms with van der Waals surface area (Å²) in [6.45, 7) is 5.75. The van der Waals surface area contributed by atoms with Crippen LogP contribution in [0.1, 0.15) is 44.2 Å². The SMILES string of the molecule is CCc1ccc(NCc2ccc(N3CCCCC3C)c([N+](=O)[O-])c2)cc1. The summed E-state index contributed by atoms with van der Waals surface area (Å²) in [5, 5.41) is 15.0. The molecular formula is C21H27N3O2. The lowest BCUT2D eigenvalue weighted by molar-refractivity contribution is -0.384. The summed E-state index contributed by atoms with van der Waals surface area (Å²) in [7, 11) is 0. The minimum atomic E-state index is -0.254. The van der Waals surface area contributed by atoms with E-state index < -0.39 is 0 Å². The third kappa shape index (κ3) is 4.15. The molecule has 0 saturated carbocycles. The van der Waals surface area contributed by atoms with Gasteiger partial charge in [0, 0.05) is 30.9 Å². The van der Waals surface area contributed by atoms with E-state index in [0.717, 1.165) is 42.7 Å². The van der Waals surface area contributed by atoms with Gasteiger partial charge in [0.15, 0.2) is 0 Å². The molecule has 0 radical (unpaired) electrons. The fourth-order valence-electron chi connectivity index (χ4n) is 3.59. The standard InChI is InChI=1S/C21H27N3O2/c1-3-17-7-10-19(11-8-17)22-15-18-9-12-20(21(14-18)24(25)26)23-13-5-4-6-16(23)2/h7-12,14,16,22H,3-6,13,15H2,1-2H3. The van der Waals surface area contributed by atoms with E-state index in [2.05, 4.69) is 48.3 Å². The van der Waals surface area contributed by atoms with Crippen LogP contribution in [0, 0.1) is 10.1 Å². The lowest BCUT2D eigenvalue weighted by Gasteiger charge is -2.35. The second kappa shape index (κ2) is 8.21. The molecule has 5 nitrogen and oxygen atoms in total. The van der Waals surface area contributed by atoms with Crippen LogP contribution in [-0.4, -0.2) is 17.5 Å². The van der Waals surface area contributed by atoms with Crippen LogP contribution in [0.4, 0.5) is 17.1 Å². The molecule has 0 spiro atoms. The highest BCUT2D eigenvalue weighted by Crippen LogP contribution is 2.33. The highest BCUT2D eigenvalue weighted by Gasteiger charge is 2.25. The molecular weight excluding hydrogens is 326 g/mol. The van der Waals surface area contributed by atoms with Crippen molar-refractivity contribution in [3.05, 3.63) is 63.7 Å². The van der Waals surface area contributed by atoms with Crippen LogP contribution in [0.3, 0.4) is 0 Å². The Labute approximate surface area is 155 Å². The zero-order chi connectivity index (χ0) is 18.5. The van der Waals surface area contributed by atoms with Crippen molar-refractivity contribution in [1.29, 1.82) is 0 Å². The van der Waals surface area contributed by atoms with Gasteiger partial charge in [-0.05, 0) is 61.9 Å². The molecule has 1 aliphatic rings. The van der Waals surface area contributed by atoms with Crippen molar-refractivity contribution in [2.45, 2.75) is 52.1 Å². The van der Waals surface area contributed by atoms with E-state index in [1.807, 2.05) is 12.1 Å². The van der Waals surface area contributed by atoms with Gasteiger partial charge in [0.05, 0.1) is 4.92 Å². The van der Waals surface area contributed by atoms with Crippen LogP contribution in [-0.2, 0) is 13.0 Å². The summed E-state index contributed by atoms with van der Waals surface area (Å²) in [4.78, 5) is 13.6. The Morgan fingerprint density at radius 3 is 2.54 bits per heavy atom. The number of hydrogen-bond donors (Lipinski definition) is 1. The topological polar surface area (TPSA) is 58.4 Å². The Bertz CT molecular complexity index is 758. The second-order valence-corrected chi connectivity index (χ2v) is 7.02. The first-order valence-electron chi connectivity index (χ1n) is 9.45. The number of nitrogens with zero attached hydrogens (tertiary/aromatic N) is 2. The maximum Gasteiger partial charge on any atom is 0.292 e. The normalized spacial score (nSPS) is 17.2. The van der Waals surface area contributed by atoms with Gasteiger partial charge in [-0.25, -0.2) is 0 Å². The molecule has 1 fully saturated rings. The predicted molar refractivity (Wildman–Crippen MR) is 107 cm³/mol. The summed E-state index contributed by atoms with van der Waals surface area (Å²) in [6, 6.07) is 14.3. The van der Waals surface area contributed by atoms with E-state index in [1.165, 1.54) is 12.0 Å². The number of nitro benzene ring substituents is 1. The summed E-state index contributed by atoms with van der Waals surface area (Å²) >= 11 is 0. The van der Waals surface area contributed by atoms with E-state index >= 15 is 0 Å². The molecule has 1 aliphatic heterocycles. The fraction of sp³-hybridized carbons (Fsp3) is 0.429. The third-order valence-electron chi connectivity index (χ3n) is 5.21. The van der Waals surface area contributed by atoms with Crippen molar-refractivity contribution >= 4 is 17.1 Å². The van der Waals surface area contributed by atoms with Crippen LogP contribution in [0.5, 0.6) is 0 Å². The Kier molecular flexibility index (Phi) is 5.76. The summed E-state index contributed by atoms with van der Waals surface area (Å²) in [5.41, 5.74) is 4.20. The van der Waals surface area contributed by atoms with Crippen molar-refractivity contribution < 1.29 is 4.92 Å². The maximum atomic E-state index is 11.6. The number of piperidine rings is 1. The Hall–Kier alpha value is -2.56. The third-order valence-corrected chi connectivity index (χ3v) is 5.21. The predicted octanol–water partition coefficient (Wildman–Crippen LogP) is 5.15. The Morgan fingerprint density at radius 1 is 1.15 bits per heavy atom. The lowest BCUT2D eigenvalue weighted by atomic mass is 10.0. The van der Waals surface area contributed by atoms with Crippen LogP contribution < -0.4 is 10.2 Å². The minimum Gasteiger partial charge on any atom is -0.381 e. The van der Waals surface area contributed by atoms with Crippen molar-refractivity contribution in [2.75, 3.05) is 16.8 Å². The quantitative estimate of drug-likeness (QED) is 0.576. The van der Waals surface area contributed by atoms with Gasteiger partial charge >= 0.3 is 0 Å². The number of benzene rings is 2. The smallest absolute Gasteiger partial charge is 0.292 e. The van der Waals surface area contributed by atoms with Crippen molar-refractivity contribution in [3.8, 4) is 0 Å². The molecule has 0 aliphatic carbocycles. The highest BCUT2D eigenvalue weighted by atomic mass is 16.6. The average molecular weight is 353 g/mol. The van der Waals surface area contributed by atoms with Gasteiger partial charge in [0.1, 0.15) is 5.69 Å². The number of hydrogen-bond acceptors (Lipinski definition) is 4. The van der Waals surface area contributed by atoms with Crippen LogP contribution in [0.25, 0.3) is 0 Å². The molecule has 1 saturated heterocycles. The van der Waals surface area contributed by atoms with Crippen molar-refractivity contribution in [2.24, 2.45) is 0 Å². The molecule has 0 aromatic heterocycles. The number of nitrogens with one attached hydrogen (secondary N) is 1. The van der Waals surface area contributed by atoms with Crippen LogP contribution in [0.15, 0.2) is 42.5 Å². The largest absolute Gasteiger partial charge is 0.381 e. The van der Waals surface area contributed by atoms with Gasteiger partial charge < -0.3 is 10.2 Å². The molecule has 0 amide bonds. The first-order chi connectivity index (χ1) is 12.6. The van der Waals surface area contributed by atoms with E-state index in [-0.39, 0.29) is 10.6 Å². The van der Waals surface area contributed by atoms with Crippen molar-refractivity contribution in [3.63, 3.8) is 0 Å². The monoisotopic (exact) mass is 353 g/mol. The van der Waals surface area contributed by atoms with Gasteiger partial charge in [0.2, 0.25) is 0 Å².